The lowest BCUT2D eigenvalue weighted by Gasteiger charge is -2.25. The van der Waals surface area contributed by atoms with Gasteiger partial charge in [-0.1, -0.05) is 30.3 Å². The van der Waals surface area contributed by atoms with Crippen LogP contribution in [0.25, 0.3) is 0 Å². The second-order valence-electron chi connectivity index (χ2n) is 5.09. The summed E-state index contributed by atoms with van der Waals surface area (Å²) < 4.78 is 0. The van der Waals surface area contributed by atoms with E-state index in [1.54, 1.807) is 0 Å². The number of thioether (sulfide) groups is 1. The molecule has 1 fully saturated rings. The minimum atomic E-state index is 0.796. The molecule has 0 saturated carbocycles. The molecule has 0 radical (unpaired) electrons. The van der Waals surface area contributed by atoms with Crippen LogP contribution in [0.3, 0.4) is 0 Å². The van der Waals surface area contributed by atoms with Gasteiger partial charge in [0, 0.05) is 13.1 Å². The molecular weight excluding hydrogens is 240 g/mol. The van der Waals surface area contributed by atoms with Gasteiger partial charge in [0.25, 0.3) is 0 Å². The SMILES string of the molecule is NCCCN(Cc1ccccc1)CC1CCSC1. The van der Waals surface area contributed by atoms with Crippen molar-refractivity contribution >= 4 is 11.8 Å². The van der Waals surface area contributed by atoms with Crippen LogP contribution in [0.15, 0.2) is 30.3 Å². The minimum absolute atomic E-state index is 0.796. The second kappa shape index (κ2) is 7.82. The topological polar surface area (TPSA) is 29.3 Å². The predicted molar refractivity (Wildman–Crippen MR) is 80.8 cm³/mol. The van der Waals surface area contributed by atoms with Crippen molar-refractivity contribution in [2.24, 2.45) is 11.7 Å². The van der Waals surface area contributed by atoms with Crippen LogP contribution >= 0.6 is 11.8 Å². The van der Waals surface area contributed by atoms with E-state index in [1.165, 1.54) is 30.0 Å². The highest BCUT2D eigenvalue weighted by molar-refractivity contribution is 7.99. The van der Waals surface area contributed by atoms with Crippen LogP contribution in [-0.2, 0) is 6.54 Å². The van der Waals surface area contributed by atoms with Gasteiger partial charge in [-0.3, -0.25) is 4.90 Å². The Hall–Kier alpha value is -0.510. The Morgan fingerprint density at radius 2 is 2.11 bits per heavy atom. The first-order valence-corrected chi connectivity index (χ1v) is 8.08. The molecule has 0 spiro atoms. The molecule has 0 aliphatic carbocycles. The second-order valence-corrected chi connectivity index (χ2v) is 6.24. The molecule has 100 valence electrons. The maximum Gasteiger partial charge on any atom is 0.0233 e. The average Bonchev–Trinajstić information content (AvgIpc) is 2.90. The van der Waals surface area contributed by atoms with Crippen molar-refractivity contribution in [2.45, 2.75) is 19.4 Å². The van der Waals surface area contributed by atoms with Crippen LogP contribution in [0.5, 0.6) is 0 Å². The summed E-state index contributed by atoms with van der Waals surface area (Å²) in [6.45, 7) is 4.24. The maximum atomic E-state index is 5.65. The zero-order valence-electron chi connectivity index (χ0n) is 11.1. The van der Waals surface area contributed by atoms with Gasteiger partial charge in [0.05, 0.1) is 0 Å². The van der Waals surface area contributed by atoms with E-state index in [-0.39, 0.29) is 0 Å². The van der Waals surface area contributed by atoms with Gasteiger partial charge in [-0.05, 0) is 48.9 Å². The van der Waals surface area contributed by atoms with Crippen molar-refractivity contribution in [3.05, 3.63) is 35.9 Å². The summed E-state index contributed by atoms with van der Waals surface area (Å²) in [4.78, 5) is 2.58. The molecule has 2 N–H and O–H groups in total. The predicted octanol–water partition coefficient (Wildman–Crippen LogP) is 2.59. The molecular formula is C15H24N2S. The highest BCUT2D eigenvalue weighted by atomic mass is 32.2. The molecule has 1 aromatic rings. The fourth-order valence-electron chi connectivity index (χ4n) is 2.48. The van der Waals surface area contributed by atoms with E-state index < -0.39 is 0 Å². The summed E-state index contributed by atoms with van der Waals surface area (Å²) in [5.41, 5.74) is 7.06. The van der Waals surface area contributed by atoms with Crippen LogP contribution in [0.1, 0.15) is 18.4 Å². The van der Waals surface area contributed by atoms with E-state index in [0.29, 0.717) is 0 Å². The molecule has 2 nitrogen and oxygen atoms in total. The van der Waals surface area contributed by atoms with Gasteiger partial charge < -0.3 is 5.73 Å². The van der Waals surface area contributed by atoms with Gasteiger partial charge in [-0.25, -0.2) is 0 Å². The average molecular weight is 264 g/mol. The molecule has 1 saturated heterocycles. The summed E-state index contributed by atoms with van der Waals surface area (Å²) in [6.07, 6.45) is 2.49. The van der Waals surface area contributed by atoms with Crippen molar-refractivity contribution in [3.8, 4) is 0 Å². The van der Waals surface area contributed by atoms with Crippen molar-refractivity contribution in [1.82, 2.24) is 4.90 Å². The molecule has 1 aliphatic rings. The van der Waals surface area contributed by atoms with E-state index in [1.807, 2.05) is 0 Å². The number of benzene rings is 1. The molecule has 0 amide bonds. The Kier molecular flexibility index (Phi) is 6.05. The number of nitrogens with zero attached hydrogens (tertiary/aromatic N) is 1. The number of nitrogens with two attached hydrogens (primary N) is 1. The molecule has 3 heteroatoms. The van der Waals surface area contributed by atoms with Gasteiger partial charge in [0.15, 0.2) is 0 Å². The Bertz CT molecular complexity index is 323. The third-order valence-corrected chi connectivity index (χ3v) is 4.70. The summed E-state index contributed by atoms with van der Waals surface area (Å²) >= 11 is 2.10. The monoisotopic (exact) mass is 264 g/mol. The van der Waals surface area contributed by atoms with E-state index in [4.69, 9.17) is 5.73 Å². The zero-order valence-corrected chi connectivity index (χ0v) is 11.9. The van der Waals surface area contributed by atoms with Crippen molar-refractivity contribution in [1.29, 1.82) is 0 Å². The Morgan fingerprint density at radius 3 is 2.78 bits per heavy atom. The summed E-state index contributed by atoms with van der Waals surface area (Å²) in [6, 6.07) is 10.8. The molecule has 1 atom stereocenters. The fourth-order valence-corrected chi connectivity index (χ4v) is 3.76. The van der Waals surface area contributed by atoms with Gasteiger partial charge >= 0.3 is 0 Å². The third-order valence-electron chi connectivity index (χ3n) is 3.47. The molecule has 0 bridgehead atoms. The first-order valence-electron chi connectivity index (χ1n) is 6.92. The molecule has 1 unspecified atom stereocenters. The molecule has 2 rings (SSSR count). The van der Waals surface area contributed by atoms with Crippen molar-refractivity contribution in [2.75, 3.05) is 31.1 Å². The Balaban J connectivity index is 1.87. The lowest BCUT2D eigenvalue weighted by atomic mass is 10.1. The lowest BCUT2D eigenvalue weighted by molar-refractivity contribution is 0.230. The fraction of sp³-hybridized carbons (Fsp3) is 0.600. The van der Waals surface area contributed by atoms with E-state index >= 15 is 0 Å². The molecule has 18 heavy (non-hydrogen) atoms. The minimum Gasteiger partial charge on any atom is -0.330 e. The van der Waals surface area contributed by atoms with Gasteiger partial charge in [-0.15, -0.1) is 0 Å². The summed E-state index contributed by atoms with van der Waals surface area (Å²) in [5.74, 6) is 3.57. The largest absolute Gasteiger partial charge is 0.330 e. The van der Waals surface area contributed by atoms with Gasteiger partial charge in [0.1, 0.15) is 0 Å². The van der Waals surface area contributed by atoms with Crippen molar-refractivity contribution < 1.29 is 0 Å². The van der Waals surface area contributed by atoms with Gasteiger partial charge in [-0.2, -0.15) is 11.8 Å². The highest BCUT2D eigenvalue weighted by Gasteiger charge is 2.18. The lowest BCUT2D eigenvalue weighted by Crippen LogP contribution is -2.31. The molecule has 1 aliphatic heterocycles. The van der Waals surface area contributed by atoms with Crippen LogP contribution in [0.2, 0.25) is 0 Å². The van der Waals surface area contributed by atoms with Crippen LogP contribution in [0.4, 0.5) is 0 Å². The molecule has 1 heterocycles. The standard InChI is InChI=1S/C15H24N2S/c16-8-4-9-17(12-15-7-10-18-13-15)11-14-5-2-1-3-6-14/h1-3,5-6,15H,4,7-13,16H2. The Morgan fingerprint density at radius 1 is 1.28 bits per heavy atom. The van der Waals surface area contributed by atoms with Gasteiger partial charge in [0.2, 0.25) is 0 Å². The number of hydrogen-bond acceptors (Lipinski definition) is 3. The highest BCUT2D eigenvalue weighted by Crippen LogP contribution is 2.24. The van der Waals surface area contributed by atoms with E-state index in [9.17, 15) is 0 Å². The van der Waals surface area contributed by atoms with Crippen LogP contribution in [0, 0.1) is 5.92 Å². The summed E-state index contributed by atoms with van der Waals surface area (Å²) in [7, 11) is 0. The summed E-state index contributed by atoms with van der Waals surface area (Å²) in [5, 5.41) is 0. The zero-order chi connectivity index (χ0) is 12.6. The molecule has 0 aromatic heterocycles. The smallest absolute Gasteiger partial charge is 0.0233 e. The third kappa shape index (κ3) is 4.63. The van der Waals surface area contributed by atoms with Crippen LogP contribution < -0.4 is 5.73 Å². The number of rotatable bonds is 7. The van der Waals surface area contributed by atoms with E-state index in [2.05, 4.69) is 47.0 Å². The quantitative estimate of drug-likeness (QED) is 0.821. The van der Waals surface area contributed by atoms with E-state index in [0.717, 1.165) is 32.0 Å². The first-order chi connectivity index (χ1) is 8.88. The maximum absolute atomic E-state index is 5.65. The number of hydrogen-bond donors (Lipinski definition) is 1. The molecule has 1 aromatic carbocycles. The normalized spacial score (nSPS) is 19.6. The van der Waals surface area contributed by atoms with Crippen molar-refractivity contribution in [3.63, 3.8) is 0 Å². The Labute approximate surface area is 115 Å². The van der Waals surface area contributed by atoms with Crippen LogP contribution in [-0.4, -0.2) is 36.0 Å². The first kappa shape index (κ1) is 13.9.